The van der Waals surface area contributed by atoms with Crippen LogP contribution < -0.4 is 5.32 Å². The number of carbonyl (C=O) groups excluding carboxylic acids is 1. The van der Waals surface area contributed by atoms with Crippen molar-refractivity contribution in [3.05, 3.63) is 24.3 Å². The normalized spacial score (nSPS) is 41.4. The summed E-state index contributed by atoms with van der Waals surface area (Å²) in [5.74, 6) is 0.335. The maximum Gasteiger partial charge on any atom is 0.224 e. The third-order valence-electron chi connectivity index (χ3n) is 8.52. The Morgan fingerprint density at radius 1 is 1.09 bits per heavy atom. The van der Waals surface area contributed by atoms with Gasteiger partial charge in [-0.3, -0.25) is 4.79 Å². The number of hydrogen-bond donors (Lipinski definition) is 1. The Balaban J connectivity index is 1.27. The summed E-state index contributed by atoms with van der Waals surface area (Å²) >= 11 is 0. The molecule has 0 radical (unpaired) electrons. The van der Waals surface area contributed by atoms with Gasteiger partial charge in [0.05, 0.1) is 11.0 Å². The molecule has 6 rings (SSSR count). The molecule has 188 valence electrons. The molecule has 5 aliphatic rings. The lowest BCUT2D eigenvalue weighted by atomic mass is 9.57. The number of nitrogens with one attached hydrogen (secondary N) is 1. The van der Waals surface area contributed by atoms with Crippen LogP contribution >= 0.6 is 0 Å². The van der Waals surface area contributed by atoms with E-state index in [9.17, 15) is 13.2 Å². The molecule has 2 bridgehead atoms. The first kappa shape index (κ1) is 24.2. The molecule has 9 heteroatoms. The molecule has 1 unspecified atom stereocenters. The lowest BCUT2D eigenvalue weighted by Crippen LogP contribution is -2.70. The second-order valence-electron chi connectivity index (χ2n) is 10.8. The lowest BCUT2D eigenvalue weighted by Gasteiger charge is -2.60. The maximum absolute atomic E-state index is 12.7. The van der Waals surface area contributed by atoms with Crippen LogP contribution in [0.2, 0.25) is 0 Å². The Kier molecular flexibility index (Phi) is 6.08. The molecule has 4 saturated heterocycles. The predicted molar refractivity (Wildman–Crippen MR) is 124 cm³/mol. The second-order valence-corrected chi connectivity index (χ2v) is 12.8. The quantitative estimate of drug-likeness (QED) is 0.618. The molecule has 8 nitrogen and oxygen atoms in total. The molecule has 1 aliphatic carbocycles. The van der Waals surface area contributed by atoms with Gasteiger partial charge in [-0.2, -0.15) is 0 Å². The minimum atomic E-state index is -3.27. The number of amides is 1. The van der Waals surface area contributed by atoms with E-state index in [4.69, 9.17) is 19.2 Å². The monoisotopic (exact) mass is 493 g/mol. The van der Waals surface area contributed by atoms with Gasteiger partial charge in [0.2, 0.25) is 11.7 Å². The molecule has 1 amide bonds. The van der Waals surface area contributed by atoms with Crippen LogP contribution in [-0.4, -0.2) is 44.4 Å². The number of carbonyl (C=O) groups is 1. The summed E-state index contributed by atoms with van der Waals surface area (Å²) in [6.07, 6.45) is 5.33. The molecule has 5 fully saturated rings. The molecule has 0 aromatic heterocycles. The largest absolute Gasteiger partial charge is 0.346 e. The Labute approximate surface area is 201 Å². The number of benzene rings is 1. The van der Waals surface area contributed by atoms with Crippen LogP contribution in [0.1, 0.15) is 59.3 Å². The van der Waals surface area contributed by atoms with E-state index in [1.165, 1.54) is 12.1 Å². The smallest absolute Gasteiger partial charge is 0.224 e. The Morgan fingerprint density at radius 3 is 2.53 bits per heavy atom. The molecule has 1 aromatic rings. The number of fused-ring (bicyclic) bond motifs is 2. The topological polar surface area (TPSA) is 100 Å². The summed E-state index contributed by atoms with van der Waals surface area (Å²) in [6.45, 7) is 6.40. The number of anilines is 1. The molecule has 4 heterocycles. The minimum absolute atomic E-state index is 0.125. The lowest BCUT2D eigenvalue weighted by molar-refractivity contribution is -0.571. The molecule has 1 N–H and O–H groups in total. The van der Waals surface area contributed by atoms with Gasteiger partial charge in [-0.05, 0) is 74.6 Å². The fourth-order valence-electron chi connectivity index (χ4n) is 6.59. The second kappa shape index (κ2) is 8.55. The van der Waals surface area contributed by atoms with Crippen LogP contribution in [0.15, 0.2) is 29.2 Å². The number of hydrogen-bond acceptors (Lipinski definition) is 7. The first-order valence-electron chi connectivity index (χ1n) is 12.3. The summed E-state index contributed by atoms with van der Waals surface area (Å²) in [4.78, 5) is 24.9. The summed E-state index contributed by atoms with van der Waals surface area (Å²) in [5, 5.41) is 2.86. The van der Waals surface area contributed by atoms with Gasteiger partial charge in [0.1, 0.15) is 0 Å². The average molecular weight is 494 g/mol. The minimum Gasteiger partial charge on any atom is -0.346 e. The van der Waals surface area contributed by atoms with Gasteiger partial charge in [0.25, 0.3) is 0 Å². The van der Waals surface area contributed by atoms with Crippen LogP contribution in [0.4, 0.5) is 5.69 Å². The highest BCUT2D eigenvalue weighted by molar-refractivity contribution is 7.90. The van der Waals surface area contributed by atoms with E-state index in [-0.39, 0.29) is 28.7 Å². The van der Waals surface area contributed by atoms with Gasteiger partial charge in [0.15, 0.2) is 21.7 Å². The fraction of sp³-hybridized carbons (Fsp3) is 0.720. The molecular formula is C25H35NO7S. The van der Waals surface area contributed by atoms with Gasteiger partial charge in [-0.25, -0.2) is 18.2 Å². The van der Waals surface area contributed by atoms with E-state index in [0.717, 1.165) is 31.9 Å². The van der Waals surface area contributed by atoms with Crippen molar-refractivity contribution < 1.29 is 32.5 Å². The first-order valence-corrected chi connectivity index (χ1v) is 14.2. The highest BCUT2D eigenvalue weighted by atomic mass is 32.2. The Hall–Kier alpha value is -1.52. The number of rotatable bonds is 5. The number of ether oxygens (including phenoxy) is 2. The summed E-state index contributed by atoms with van der Waals surface area (Å²) in [5.41, 5.74) is -0.0197. The van der Waals surface area contributed by atoms with Crippen molar-refractivity contribution in [2.24, 2.45) is 23.7 Å². The molecule has 1 saturated carbocycles. The van der Waals surface area contributed by atoms with Gasteiger partial charge < -0.3 is 14.8 Å². The maximum atomic E-state index is 12.7. The van der Waals surface area contributed by atoms with E-state index in [1.807, 2.05) is 6.92 Å². The molecule has 8 atom stereocenters. The molecule has 4 aliphatic heterocycles. The van der Waals surface area contributed by atoms with Crippen LogP contribution in [-0.2, 0) is 33.9 Å². The molecular weight excluding hydrogens is 458 g/mol. The van der Waals surface area contributed by atoms with Gasteiger partial charge in [0, 0.05) is 30.7 Å². The van der Waals surface area contributed by atoms with E-state index in [0.29, 0.717) is 30.4 Å². The highest BCUT2D eigenvalue weighted by Gasteiger charge is 2.69. The van der Waals surface area contributed by atoms with E-state index >= 15 is 0 Å². The summed E-state index contributed by atoms with van der Waals surface area (Å²) in [7, 11) is -3.27. The summed E-state index contributed by atoms with van der Waals surface area (Å²) in [6, 6.07) is 6.21. The van der Waals surface area contributed by atoms with Gasteiger partial charge in [-0.15, -0.1) is 0 Å². The first-order chi connectivity index (χ1) is 16.0. The zero-order chi connectivity index (χ0) is 24.3. The molecule has 1 aromatic carbocycles. The van der Waals surface area contributed by atoms with E-state index in [2.05, 4.69) is 19.2 Å². The van der Waals surface area contributed by atoms with E-state index < -0.39 is 27.5 Å². The van der Waals surface area contributed by atoms with Crippen molar-refractivity contribution in [1.29, 1.82) is 0 Å². The SMILES string of the molecule is C[C@H]1[C@@H](CCC(=O)Nc2ccc(S(C)(=O)=O)cc2)O[C@@H]2OC3(C)CC[C@H]4[C@H](C)CC[C@@H]1[C@@]24OO3. The zero-order valence-electron chi connectivity index (χ0n) is 20.3. The van der Waals surface area contributed by atoms with E-state index in [1.54, 1.807) is 12.1 Å². The van der Waals surface area contributed by atoms with Crippen molar-refractivity contribution in [1.82, 2.24) is 0 Å². The van der Waals surface area contributed by atoms with Crippen molar-refractivity contribution in [3.8, 4) is 0 Å². The number of sulfone groups is 1. The fourth-order valence-corrected chi connectivity index (χ4v) is 7.22. The van der Waals surface area contributed by atoms with Crippen molar-refractivity contribution >= 4 is 21.4 Å². The third-order valence-corrected chi connectivity index (χ3v) is 9.65. The van der Waals surface area contributed by atoms with Crippen LogP contribution in [0.5, 0.6) is 0 Å². The Bertz CT molecular complexity index is 1040. The highest BCUT2D eigenvalue weighted by Crippen LogP contribution is 2.60. The average Bonchev–Trinajstić information content (AvgIpc) is 3.01. The molecule has 1 spiro atoms. The van der Waals surface area contributed by atoms with Crippen molar-refractivity contribution in [2.45, 2.75) is 88.0 Å². The van der Waals surface area contributed by atoms with Crippen LogP contribution in [0, 0.1) is 23.7 Å². The van der Waals surface area contributed by atoms with Crippen molar-refractivity contribution in [2.75, 3.05) is 11.6 Å². The van der Waals surface area contributed by atoms with Gasteiger partial charge >= 0.3 is 0 Å². The third kappa shape index (κ3) is 4.09. The van der Waals surface area contributed by atoms with Crippen molar-refractivity contribution in [3.63, 3.8) is 0 Å². The van der Waals surface area contributed by atoms with Gasteiger partial charge in [-0.1, -0.05) is 13.8 Å². The zero-order valence-corrected chi connectivity index (χ0v) is 21.1. The standard InChI is InChI=1S/C25H35NO7S/c1-15-5-10-20-16(2)21(30-23-25(20)19(15)13-14-24(3,31-23)32-33-25)11-12-22(27)26-17-6-8-18(9-7-17)34(4,28)29/h6-9,15-16,19-21,23H,5,10-14H2,1-4H3,(H,26,27)/t15-,16-,19+,20+,21-,23-,24?,25-/m1/s1. The summed E-state index contributed by atoms with van der Waals surface area (Å²) < 4.78 is 36.2. The van der Waals surface area contributed by atoms with Crippen LogP contribution in [0.25, 0.3) is 0 Å². The molecule has 34 heavy (non-hydrogen) atoms. The Morgan fingerprint density at radius 2 is 1.82 bits per heavy atom. The van der Waals surface area contributed by atoms with Crippen LogP contribution in [0.3, 0.4) is 0 Å². The predicted octanol–water partition coefficient (Wildman–Crippen LogP) is 4.06.